The molecule has 1 aromatic rings. The summed E-state index contributed by atoms with van der Waals surface area (Å²) in [6, 6.07) is 6.51. The molecule has 3 rings (SSSR count). The predicted molar refractivity (Wildman–Crippen MR) is 94.1 cm³/mol. The van der Waals surface area contributed by atoms with Crippen molar-refractivity contribution in [2.75, 3.05) is 62.2 Å². The average Bonchev–Trinajstić information content (AvgIpc) is 2.62. The molecule has 2 fully saturated rings. The minimum Gasteiger partial charge on any atom is -0.368 e. The first kappa shape index (κ1) is 17.4. The minimum absolute atomic E-state index is 0.195. The van der Waals surface area contributed by atoms with Crippen molar-refractivity contribution < 1.29 is 13.4 Å². The number of anilines is 1. The number of carbonyl (C=O) groups is 1. The number of hydrogen-bond acceptors (Lipinski definition) is 4. The van der Waals surface area contributed by atoms with Crippen LogP contribution in [0.15, 0.2) is 24.3 Å². The fourth-order valence-corrected chi connectivity index (χ4v) is 4.30. The Kier molecular flexibility index (Phi) is 5.84. The zero-order valence-corrected chi connectivity index (χ0v) is 14.6. The Morgan fingerprint density at radius 1 is 1.00 bits per heavy atom. The van der Waals surface area contributed by atoms with Crippen molar-refractivity contribution in [1.29, 1.82) is 0 Å². The highest BCUT2D eigenvalue weighted by molar-refractivity contribution is 7.85. The molecule has 1 aromatic carbocycles. The van der Waals surface area contributed by atoms with Gasteiger partial charge >= 0.3 is 0 Å². The van der Waals surface area contributed by atoms with Crippen molar-refractivity contribution in [3.63, 3.8) is 0 Å². The van der Waals surface area contributed by atoms with Crippen LogP contribution in [-0.4, -0.2) is 77.2 Å². The maximum absolute atomic E-state index is 13.0. The van der Waals surface area contributed by atoms with Crippen molar-refractivity contribution in [1.82, 2.24) is 9.80 Å². The van der Waals surface area contributed by atoms with Gasteiger partial charge < -0.3 is 14.7 Å². The third kappa shape index (κ3) is 4.54. The lowest BCUT2D eigenvalue weighted by Crippen LogP contribution is -2.49. The maximum Gasteiger partial charge on any atom is 0.223 e. The van der Waals surface area contributed by atoms with Crippen LogP contribution in [0.5, 0.6) is 0 Å². The molecule has 2 heterocycles. The molecule has 7 heteroatoms. The van der Waals surface area contributed by atoms with E-state index in [-0.39, 0.29) is 11.7 Å². The van der Waals surface area contributed by atoms with Crippen molar-refractivity contribution in [3.05, 3.63) is 30.1 Å². The molecule has 132 valence electrons. The molecule has 0 atom stereocenters. The lowest BCUT2D eigenvalue weighted by molar-refractivity contribution is -0.131. The molecule has 0 aliphatic carbocycles. The maximum atomic E-state index is 13.0. The van der Waals surface area contributed by atoms with Gasteiger partial charge in [-0.15, -0.1) is 0 Å². The normalized spacial score (nSPS) is 20.4. The summed E-state index contributed by atoms with van der Waals surface area (Å²) in [7, 11) is -0.669. The highest BCUT2D eigenvalue weighted by Gasteiger charge is 2.22. The largest absolute Gasteiger partial charge is 0.368 e. The summed E-state index contributed by atoms with van der Waals surface area (Å²) in [4.78, 5) is 18.7. The van der Waals surface area contributed by atoms with Gasteiger partial charge in [0.1, 0.15) is 5.82 Å². The van der Waals surface area contributed by atoms with Crippen LogP contribution >= 0.6 is 0 Å². The van der Waals surface area contributed by atoms with Gasteiger partial charge in [-0.05, 0) is 24.3 Å². The molecule has 0 N–H and O–H groups in total. The molecule has 5 nitrogen and oxygen atoms in total. The first-order chi connectivity index (χ1) is 11.6. The molecule has 2 aliphatic heterocycles. The van der Waals surface area contributed by atoms with Crippen LogP contribution in [0.25, 0.3) is 0 Å². The molecular formula is C17H24FN3O2S. The topological polar surface area (TPSA) is 43.9 Å². The standard InChI is InChI=1S/C17H24FN3O2S/c18-15-1-3-16(4-2-15)20-7-9-21(10-8-20)17(22)5-6-19-11-13-24(23)14-12-19/h1-4H,5-14H2. The summed E-state index contributed by atoms with van der Waals surface area (Å²) in [5.74, 6) is 1.42. The van der Waals surface area contributed by atoms with Gasteiger partial charge in [0.2, 0.25) is 5.91 Å². The number of carbonyl (C=O) groups excluding carboxylic acids is 1. The van der Waals surface area contributed by atoms with E-state index in [2.05, 4.69) is 9.80 Å². The van der Waals surface area contributed by atoms with Gasteiger partial charge in [0.05, 0.1) is 0 Å². The van der Waals surface area contributed by atoms with Crippen molar-refractivity contribution in [2.24, 2.45) is 0 Å². The van der Waals surface area contributed by atoms with Crippen LogP contribution < -0.4 is 4.90 Å². The van der Waals surface area contributed by atoms with Crippen LogP contribution in [0.3, 0.4) is 0 Å². The number of piperazine rings is 1. The third-order valence-electron chi connectivity index (χ3n) is 4.74. The van der Waals surface area contributed by atoms with Gasteiger partial charge in [-0.1, -0.05) is 0 Å². The van der Waals surface area contributed by atoms with Crippen LogP contribution in [0.1, 0.15) is 6.42 Å². The Morgan fingerprint density at radius 2 is 1.62 bits per heavy atom. The zero-order chi connectivity index (χ0) is 16.9. The van der Waals surface area contributed by atoms with E-state index < -0.39 is 10.8 Å². The quantitative estimate of drug-likeness (QED) is 0.808. The van der Waals surface area contributed by atoms with Gasteiger partial charge in [-0.3, -0.25) is 9.00 Å². The number of hydrogen-bond donors (Lipinski definition) is 0. The SMILES string of the molecule is O=C(CCN1CCS(=O)CC1)N1CCN(c2ccc(F)cc2)CC1. The molecule has 0 radical (unpaired) electrons. The van der Waals surface area contributed by atoms with E-state index in [0.717, 1.165) is 49.9 Å². The Bertz CT molecular complexity index is 578. The van der Waals surface area contributed by atoms with E-state index in [1.54, 1.807) is 12.1 Å². The van der Waals surface area contributed by atoms with E-state index in [0.29, 0.717) is 19.5 Å². The van der Waals surface area contributed by atoms with Crippen LogP contribution in [0, 0.1) is 5.82 Å². The van der Waals surface area contributed by atoms with Crippen LogP contribution in [0.4, 0.5) is 10.1 Å². The van der Waals surface area contributed by atoms with E-state index in [9.17, 15) is 13.4 Å². The Hall–Kier alpha value is -1.47. The number of benzene rings is 1. The van der Waals surface area contributed by atoms with Crippen LogP contribution in [0.2, 0.25) is 0 Å². The lowest BCUT2D eigenvalue weighted by Gasteiger charge is -2.36. The van der Waals surface area contributed by atoms with E-state index in [1.165, 1.54) is 12.1 Å². The third-order valence-corrected chi connectivity index (χ3v) is 6.01. The second kappa shape index (κ2) is 8.07. The second-order valence-corrected chi connectivity index (χ2v) is 7.98. The predicted octanol–water partition coefficient (Wildman–Crippen LogP) is 0.929. The lowest BCUT2D eigenvalue weighted by atomic mass is 10.2. The smallest absolute Gasteiger partial charge is 0.223 e. The summed E-state index contributed by atoms with van der Waals surface area (Å²) >= 11 is 0. The van der Waals surface area contributed by atoms with Crippen LogP contribution in [-0.2, 0) is 15.6 Å². The highest BCUT2D eigenvalue weighted by atomic mass is 32.2. The van der Waals surface area contributed by atoms with E-state index in [4.69, 9.17) is 0 Å². The van der Waals surface area contributed by atoms with Gasteiger partial charge in [-0.25, -0.2) is 4.39 Å². The van der Waals surface area contributed by atoms with Crippen molar-refractivity contribution in [2.45, 2.75) is 6.42 Å². The zero-order valence-electron chi connectivity index (χ0n) is 13.8. The number of nitrogens with zero attached hydrogens (tertiary/aromatic N) is 3. The summed E-state index contributed by atoms with van der Waals surface area (Å²) < 4.78 is 24.3. The number of halogens is 1. The van der Waals surface area contributed by atoms with Gasteiger partial charge in [0, 0.05) is 80.2 Å². The first-order valence-electron chi connectivity index (χ1n) is 8.47. The molecule has 0 saturated carbocycles. The summed E-state index contributed by atoms with van der Waals surface area (Å²) in [6.07, 6.45) is 0.531. The highest BCUT2D eigenvalue weighted by Crippen LogP contribution is 2.17. The number of rotatable bonds is 4. The molecule has 0 bridgehead atoms. The Labute approximate surface area is 144 Å². The Balaban J connectivity index is 1.41. The van der Waals surface area contributed by atoms with E-state index in [1.807, 2.05) is 4.90 Å². The summed E-state index contributed by atoms with van der Waals surface area (Å²) in [6.45, 7) is 5.39. The molecule has 0 unspecified atom stereocenters. The van der Waals surface area contributed by atoms with E-state index >= 15 is 0 Å². The second-order valence-electron chi connectivity index (χ2n) is 6.28. The Morgan fingerprint density at radius 3 is 2.25 bits per heavy atom. The molecule has 1 amide bonds. The van der Waals surface area contributed by atoms with Crippen molar-refractivity contribution >= 4 is 22.4 Å². The van der Waals surface area contributed by atoms with Gasteiger partial charge in [0.25, 0.3) is 0 Å². The molecule has 2 aliphatic rings. The van der Waals surface area contributed by atoms with Crippen molar-refractivity contribution in [3.8, 4) is 0 Å². The average molecular weight is 353 g/mol. The number of amides is 1. The van der Waals surface area contributed by atoms with Gasteiger partial charge in [0.15, 0.2) is 0 Å². The first-order valence-corrected chi connectivity index (χ1v) is 9.96. The molecule has 2 saturated heterocycles. The summed E-state index contributed by atoms with van der Waals surface area (Å²) in [5, 5.41) is 0. The molecule has 0 spiro atoms. The summed E-state index contributed by atoms with van der Waals surface area (Å²) in [5.41, 5.74) is 1.00. The molecule has 24 heavy (non-hydrogen) atoms. The van der Waals surface area contributed by atoms with Gasteiger partial charge in [-0.2, -0.15) is 0 Å². The minimum atomic E-state index is -0.669. The molecular weight excluding hydrogens is 329 g/mol. The molecule has 0 aromatic heterocycles. The fraction of sp³-hybridized carbons (Fsp3) is 0.588. The monoisotopic (exact) mass is 353 g/mol. The fourth-order valence-electron chi connectivity index (χ4n) is 3.18.